The van der Waals surface area contributed by atoms with Crippen LogP contribution in [0.15, 0.2) is 30.3 Å². The molecule has 33 heavy (non-hydrogen) atoms. The van der Waals surface area contributed by atoms with Crippen molar-refractivity contribution in [3.8, 4) is 0 Å². The standard InChI is InChI=1S/C26H42N2O5/c1-24(2,3)15-19(28-23(31)33-26(7,8)9)21(29)27-20(16-25(4,5)6)22(30)32-17-18-13-11-10-12-14-18/h10-14,19-20H,15-17H2,1-9H3,(H,27,29)(H,28,31)/t19-,20-/m0/s1/i1D. The number of nitrogens with one attached hydrogen (secondary N) is 2. The number of hydrogen-bond donors (Lipinski definition) is 2. The van der Waals surface area contributed by atoms with Crippen LogP contribution in [0.25, 0.3) is 0 Å². The SMILES string of the molecule is [2H]CC(C)(C)C[C@H](NC(=O)OC(C)(C)C)C(=O)N[C@@H](CC(C)(C)C)C(=O)OCc1ccccc1. The van der Waals surface area contributed by atoms with Crippen LogP contribution in [0.4, 0.5) is 4.79 Å². The Hall–Kier alpha value is -2.57. The van der Waals surface area contributed by atoms with Gasteiger partial charge >= 0.3 is 12.1 Å². The summed E-state index contributed by atoms with van der Waals surface area (Å²) in [7, 11) is 0. The maximum atomic E-state index is 13.3. The summed E-state index contributed by atoms with van der Waals surface area (Å²) in [5.74, 6) is -1.05. The molecule has 0 aliphatic heterocycles. The molecule has 0 radical (unpaired) electrons. The van der Waals surface area contributed by atoms with Crippen LogP contribution in [0, 0.1) is 10.8 Å². The molecule has 0 unspecified atom stereocenters. The van der Waals surface area contributed by atoms with Gasteiger partial charge in [0.15, 0.2) is 0 Å². The summed E-state index contributed by atoms with van der Waals surface area (Å²) in [6.45, 7) is 15.0. The smallest absolute Gasteiger partial charge is 0.408 e. The molecular weight excluding hydrogens is 420 g/mol. The summed E-state index contributed by atoms with van der Waals surface area (Å²) < 4.78 is 18.6. The molecule has 7 nitrogen and oxygen atoms in total. The molecule has 0 spiro atoms. The maximum Gasteiger partial charge on any atom is 0.408 e. The van der Waals surface area contributed by atoms with Crippen LogP contribution >= 0.6 is 0 Å². The number of hydrogen-bond acceptors (Lipinski definition) is 5. The monoisotopic (exact) mass is 463 g/mol. The highest BCUT2D eigenvalue weighted by atomic mass is 16.6. The largest absolute Gasteiger partial charge is 0.459 e. The van der Waals surface area contributed by atoms with Gasteiger partial charge in [0, 0.05) is 1.37 Å². The Labute approximate surface area is 200 Å². The summed E-state index contributed by atoms with van der Waals surface area (Å²) in [5.41, 5.74) is -0.687. The Morgan fingerprint density at radius 3 is 1.97 bits per heavy atom. The van der Waals surface area contributed by atoms with Crippen molar-refractivity contribution in [3.63, 3.8) is 0 Å². The lowest BCUT2D eigenvalue weighted by Gasteiger charge is -2.30. The van der Waals surface area contributed by atoms with Crippen molar-refractivity contribution in [1.82, 2.24) is 10.6 Å². The highest BCUT2D eigenvalue weighted by molar-refractivity contribution is 5.89. The second kappa shape index (κ2) is 11.5. The summed E-state index contributed by atoms with van der Waals surface area (Å²) in [4.78, 5) is 38.6. The van der Waals surface area contributed by atoms with E-state index in [-0.39, 0.29) is 25.3 Å². The van der Waals surface area contributed by atoms with E-state index < -0.39 is 41.1 Å². The van der Waals surface area contributed by atoms with Crippen LogP contribution in [0.2, 0.25) is 0 Å². The molecule has 186 valence electrons. The van der Waals surface area contributed by atoms with E-state index in [0.29, 0.717) is 6.42 Å². The molecule has 0 aliphatic carbocycles. The third-order valence-corrected chi connectivity index (χ3v) is 4.41. The first-order valence-corrected chi connectivity index (χ1v) is 11.3. The van der Waals surface area contributed by atoms with Crippen LogP contribution in [0.1, 0.15) is 82.1 Å². The van der Waals surface area contributed by atoms with E-state index in [2.05, 4.69) is 10.6 Å². The van der Waals surface area contributed by atoms with E-state index in [1.807, 2.05) is 65.0 Å². The summed E-state index contributed by atoms with van der Waals surface area (Å²) in [5, 5.41) is 5.40. The van der Waals surface area contributed by atoms with Crippen molar-refractivity contribution in [2.45, 2.75) is 99.4 Å². The number of carbonyl (C=O) groups excluding carboxylic acids is 3. The van der Waals surface area contributed by atoms with Gasteiger partial charge in [0.1, 0.15) is 24.3 Å². The molecule has 0 saturated heterocycles. The summed E-state index contributed by atoms with van der Waals surface area (Å²) in [6.07, 6.45) is -0.163. The zero-order valence-corrected chi connectivity index (χ0v) is 21.4. The van der Waals surface area contributed by atoms with Crippen LogP contribution in [0.5, 0.6) is 0 Å². The van der Waals surface area contributed by atoms with E-state index in [9.17, 15) is 14.4 Å². The minimum atomic E-state index is -0.973. The molecule has 0 aromatic heterocycles. The van der Waals surface area contributed by atoms with Gasteiger partial charge in [0.2, 0.25) is 5.91 Å². The lowest BCUT2D eigenvalue weighted by Crippen LogP contribution is -2.54. The number of alkyl carbamates (subject to hydrolysis) is 1. The van der Waals surface area contributed by atoms with Crippen molar-refractivity contribution in [2.24, 2.45) is 10.8 Å². The molecule has 1 aromatic carbocycles. The fourth-order valence-electron chi connectivity index (χ4n) is 3.12. The highest BCUT2D eigenvalue weighted by Crippen LogP contribution is 2.24. The maximum absolute atomic E-state index is 13.3. The first kappa shape index (κ1) is 26.7. The molecule has 0 aliphatic rings. The Morgan fingerprint density at radius 2 is 1.45 bits per heavy atom. The van der Waals surface area contributed by atoms with Crippen LogP contribution in [-0.4, -0.2) is 35.7 Å². The van der Waals surface area contributed by atoms with Gasteiger partial charge in [-0.15, -0.1) is 0 Å². The molecule has 1 rings (SSSR count). The summed E-state index contributed by atoms with van der Waals surface area (Å²) >= 11 is 0. The molecule has 2 N–H and O–H groups in total. The van der Waals surface area contributed by atoms with Crippen molar-refractivity contribution >= 4 is 18.0 Å². The fourth-order valence-corrected chi connectivity index (χ4v) is 3.12. The molecule has 1 aromatic rings. The van der Waals surface area contributed by atoms with E-state index in [1.54, 1.807) is 20.8 Å². The minimum absolute atomic E-state index is 0.0668. The van der Waals surface area contributed by atoms with Crippen LogP contribution in [0.3, 0.4) is 0 Å². The van der Waals surface area contributed by atoms with E-state index in [0.717, 1.165) is 5.56 Å². The lowest BCUT2D eigenvalue weighted by atomic mass is 9.86. The predicted octanol–water partition coefficient (Wildman–Crippen LogP) is 4.98. The van der Waals surface area contributed by atoms with Crippen molar-refractivity contribution in [2.75, 3.05) is 0 Å². The van der Waals surface area contributed by atoms with Crippen molar-refractivity contribution in [1.29, 1.82) is 0 Å². The Balaban J connectivity index is 3.02. The molecule has 7 heteroatoms. The molecule has 0 bridgehead atoms. The first-order valence-electron chi connectivity index (χ1n) is 12.0. The zero-order chi connectivity index (χ0) is 26.2. The van der Waals surface area contributed by atoms with E-state index >= 15 is 0 Å². The summed E-state index contributed by atoms with van der Waals surface area (Å²) in [6, 6.07) is 7.45. The van der Waals surface area contributed by atoms with Gasteiger partial charge in [-0.05, 0) is 50.0 Å². The number of benzene rings is 1. The van der Waals surface area contributed by atoms with Crippen molar-refractivity contribution < 1.29 is 25.2 Å². The Bertz CT molecular complexity index is 813. The predicted molar refractivity (Wildman–Crippen MR) is 129 cm³/mol. The third kappa shape index (κ3) is 12.9. The molecule has 2 atom stereocenters. The molecule has 0 heterocycles. The van der Waals surface area contributed by atoms with Gasteiger partial charge in [-0.1, -0.05) is 71.9 Å². The van der Waals surface area contributed by atoms with Crippen LogP contribution in [-0.2, 0) is 25.7 Å². The first-order chi connectivity index (χ1) is 15.5. The fraction of sp³-hybridized carbons (Fsp3) is 0.654. The highest BCUT2D eigenvalue weighted by Gasteiger charge is 2.33. The number of carbonyl (C=O) groups is 3. The van der Waals surface area contributed by atoms with Gasteiger partial charge in [-0.3, -0.25) is 4.79 Å². The number of esters is 1. The second-order valence-electron chi connectivity index (χ2n) is 11.5. The quantitative estimate of drug-likeness (QED) is 0.530. The van der Waals surface area contributed by atoms with E-state index in [4.69, 9.17) is 10.8 Å². The van der Waals surface area contributed by atoms with Gasteiger partial charge < -0.3 is 20.1 Å². The number of rotatable bonds is 8. The molecule has 0 saturated carbocycles. The van der Waals surface area contributed by atoms with Gasteiger partial charge in [0.25, 0.3) is 0 Å². The minimum Gasteiger partial charge on any atom is -0.459 e. The molecule has 2 amide bonds. The average Bonchev–Trinajstić information content (AvgIpc) is 2.69. The average molecular weight is 464 g/mol. The second-order valence-corrected chi connectivity index (χ2v) is 11.5. The number of ether oxygens (including phenoxy) is 2. The van der Waals surface area contributed by atoms with Gasteiger partial charge in [-0.2, -0.15) is 0 Å². The Kier molecular flexibility index (Phi) is 9.32. The Morgan fingerprint density at radius 1 is 0.879 bits per heavy atom. The van der Waals surface area contributed by atoms with Gasteiger partial charge in [0.05, 0.1) is 0 Å². The topological polar surface area (TPSA) is 93.7 Å². The molecular formula is C26H42N2O5. The van der Waals surface area contributed by atoms with Gasteiger partial charge in [-0.25, -0.2) is 9.59 Å². The normalized spacial score (nSPS) is 14.5. The lowest BCUT2D eigenvalue weighted by molar-refractivity contribution is -0.150. The number of amides is 2. The zero-order valence-electron chi connectivity index (χ0n) is 22.4. The van der Waals surface area contributed by atoms with E-state index in [1.165, 1.54) is 0 Å². The van der Waals surface area contributed by atoms with Crippen LogP contribution < -0.4 is 10.6 Å². The third-order valence-electron chi connectivity index (χ3n) is 4.41. The molecule has 0 fully saturated rings. The van der Waals surface area contributed by atoms with Crippen molar-refractivity contribution in [3.05, 3.63) is 35.9 Å².